The molecule has 7 heteroatoms. The molecular weight excluding hydrogens is 322 g/mol. The number of piperidine rings is 2. The lowest BCUT2D eigenvalue weighted by Crippen LogP contribution is -2.61. The number of amides is 2. The van der Waals surface area contributed by atoms with E-state index in [1.165, 1.54) is 16.9 Å². The van der Waals surface area contributed by atoms with Crippen molar-refractivity contribution in [3.05, 3.63) is 0 Å². The molecule has 2 N–H and O–H groups in total. The Bertz CT molecular complexity index is 505. The van der Waals surface area contributed by atoms with Crippen LogP contribution in [0.3, 0.4) is 0 Å². The third-order valence-electron chi connectivity index (χ3n) is 5.43. The number of hydrogen-bond acceptors (Lipinski definition) is 4. The highest BCUT2D eigenvalue weighted by Crippen LogP contribution is 2.32. The van der Waals surface area contributed by atoms with Crippen LogP contribution in [0, 0.1) is 5.92 Å². The summed E-state index contributed by atoms with van der Waals surface area (Å²) in [6.07, 6.45) is 5.55. The third kappa shape index (κ3) is 5.17. The molecule has 2 heterocycles. The molecule has 0 aromatic carbocycles. The summed E-state index contributed by atoms with van der Waals surface area (Å²) in [5.74, 6) is -0.743. The monoisotopic (exact) mass is 353 g/mol. The van der Waals surface area contributed by atoms with Crippen molar-refractivity contribution in [3.63, 3.8) is 0 Å². The Balaban J connectivity index is 2.18. The molecule has 1 atom stereocenters. The molecule has 7 nitrogen and oxygen atoms in total. The first kappa shape index (κ1) is 19.7. The van der Waals surface area contributed by atoms with Gasteiger partial charge < -0.3 is 10.4 Å². The van der Waals surface area contributed by atoms with Gasteiger partial charge in [-0.2, -0.15) is 0 Å². The van der Waals surface area contributed by atoms with E-state index in [0.717, 1.165) is 45.2 Å². The average molecular weight is 353 g/mol. The molecule has 2 aliphatic heterocycles. The van der Waals surface area contributed by atoms with Gasteiger partial charge in [0.15, 0.2) is 0 Å². The summed E-state index contributed by atoms with van der Waals surface area (Å²) in [6.45, 7) is 5.70. The highest BCUT2D eigenvalue weighted by atomic mass is 16.4. The van der Waals surface area contributed by atoms with E-state index in [2.05, 4.69) is 5.32 Å². The third-order valence-corrected chi connectivity index (χ3v) is 5.43. The van der Waals surface area contributed by atoms with E-state index in [1.54, 1.807) is 0 Å². The van der Waals surface area contributed by atoms with Crippen LogP contribution in [0.2, 0.25) is 0 Å². The van der Waals surface area contributed by atoms with Crippen LogP contribution in [-0.4, -0.2) is 58.1 Å². The second kappa shape index (κ2) is 8.65. The lowest BCUT2D eigenvalue weighted by atomic mass is 9.84. The second-order valence-electron chi connectivity index (χ2n) is 7.60. The van der Waals surface area contributed by atoms with E-state index in [4.69, 9.17) is 0 Å². The smallest absolute Gasteiger partial charge is 0.305 e. The number of carbonyl (C=O) groups is 3. The number of carbonyl (C=O) groups excluding carboxylic acids is 2. The van der Waals surface area contributed by atoms with Crippen LogP contribution in [0.5, 0.6) is 0 Å². The second-order valence-corrected chi connectivity index (χ2v) is 7.60. The van der Waals surface area contributed by atoms with Gasteiger partial charge in [-0.1, -0.05) is 0 Å². The summed E-state index contributed by atoms with van der Waals surface area (Å²) in [5, 5.41) is 15.7. The molecule has 0 unspecified atom stereocenters. The van der Waals surface area contributed by atoms with Gasteiger partial charge in [-0.3, -0.25) is 19.4 Å². The normalized spacial score (nSPS) is 21.7. The Morgan fingerprint density at radius 1 is 1.32 bits per heavy atom. The summed E-state index contributed by atoms with van der Waals surface area (Å²) in [5.41, 5.74) is -0.879. The zero-order valence-corrected chi connectivity index (χ0v) is 15.4. The summed E-state index contributed by atoms with van der Waals surface area (Å²) < 4.78 is 0. The van der Waals surface area contributed by atoms with E-state index < -0.39 is 11.5 Å². The highest BCUT2D eigenvalue weighted by Gasteiger charge is 2.42. The van der Waals surface area contributed by atoms with Crippen molar-refractivity contribution in [2.75, 3.05) is 19.6 Å². The summed E-state index contributed by atoms with van der Waals surface area (Å²) >= 11 is 0. The van der Waals surface area contributed by atoms with Crippen molar-refractivity contribution < 1.29 is 19.5 Å². The minimum atomic E-state index is -0.941. The quantitative estimate of drug-likeness (QED) is 0.728. The average Bonchev–Trinajstić information content (AvgIpc) is 2.55. The Morgan fingerprint density at radius 3 is 2.56 bits per heavy atom. The standard InChI is InChI=1S/C18H31N3O4/c1-14(22)21(20-12-4-3-5-16(20)23)18(2,13-17(24)25)9-6-15-7-10-19-11-8-15/h15,19H,3-13H2,1-2H3,(H,24,25)/t18-/m1/s1. The molecule has 0 saturated carbocycles. The predicted molar refractivity (Wildman–Crippen MR) is 93.6 cm³/mol. The zero-order chi connectivity index (χ0) is 18.4. The van der Waals surface area contributed by atoms with Crippen LogP contribution in [-0.2, 0) is 14.4 Å². The summed E-state index contributed by atoms with van der Waals surface area (Å²) in [4.78, 5) is 36.3. The van der Waals surface area contributed by atoms with E-state index in [-0.39, 0.29) is 18.2 Å². The summed E-state index contributed by atoms with van der Waals surface area (Å²) in [7, 11) is 0. The Morgan fingerprint density at radius 2 is 2.00 bits per heavy atom. The Hall–Kier alpha value is -1.63. The lowest BCUT2D eigenvalue weighted by Gasteiger charge is -2.47. The number of nitrogens with zero attached hydrogens (tertiary/aromatic N) is 2. The van der Waals surface area contributed by atoms with Gasteiger partial charge in [-0.15, -0.1) is 0 Å². The number of aliphatic carboxylic acids is 1. The van der Waals surface area contributed by atoms with E-state index in [9.17, 15) is 19.5 Å². The SMILES string of the molecule is CC(=O)N(N1CCCCC1=O)[C@](C)(CCC1CCNCC1)CC(=O)O. The fourth-order valence-corrected chi connectivity index (χ4v) is 4.13. The molecule has 2 rings (SSSR count). The molecule has 2 fully saturated rings. The van der Waals surface area contributed by atoms with E-state index in [1.807, 2.05) is 6.92 Å². The van der Waals surface area contributed by atoms with Gasteiger partial charge >= 0.3 is 5.97 Å². The minimum Gasteiger partial charge on any atom is -0.481 e. The fraction of sp³-hybridized carbons (Fsp3) is 0.833. The van der Waals surface area contributed by atoms with Crippen molar-refractivity contribution >= 4 is 17.8 Å². The maximum atomic E-state index is 12.4. The van der Waals surface area contributed by atoms with Gasteiger partial charge in [0.25, 0.3) is 0 Å². The number of carboxylic acid groups (broad SMARTS) is 1. The van der Waals surface area contributed by atoms with Crippen LogP contribution in [0.15, 0.2) is 0 Å². The Labute approximate surface area is 149 Å². The molecule has 0 radical (unpaired) electrons. The molecule has 25 heavy (non-hydrogen) atoms. The molecule has 0 bridgehead atoms. The van der Waals surface area contributed by atoms with Crippen LogP contribution >= 0.6 is 0 Å². The van der Waals surface area contributed by atoms with E-state index in [0.29, 0.717) is 25.3 Å². The lowest BCUT2D eigenvalue weighted by molar-refractivity contribution is -0.183. The predicted octanol–water partition coefficient (Wildman–Crippen LogP) is 1.78. The van der Waals surface area contributed by atoms with Gasteiger partial charge in [0.1, 0.15) is 0 Å². The van der Waals surface area contributed by atoms with Gasteiger partial charge in [0.2, 0.25) is 11.8 Å². The fourth-order valence-electron chi connectivity index (χ4n) is 4.13. The van der Waals surface area contributed by atoms with E-state index >= 15 is 0 Å². The maximum Gasteiger partial charge on any atom is 0.305 e. The first-order chi connectivity index (χ1) is 11.8. The Kier molecular flexibility index (Phi) is 6.81. The first-order valence-corrected chi connectivity index (χ1v) is 9.37. The number of carboxylic acids is 1. The molecular formula is C18H31N3O4. The molecule has 0 spiro atoms. The number of hydrazine groups is 1. The topological polar surface area (TPSA) is 90.0 Å². The van der Waals surface area contributed by atoms with Gasteiger partial charge in [-0.25, -0.2) is 5.01 Å². The largest absolute Gasteiger partial charge is 0.481 e. The zero-order valence-electron chi connectivity index (χ0n) is 15.4. The van der Waals surface area contributed by atoms with Crippen molar-refractivity contribution in [2.45, 2.75) is 70.8 Å². The number of nitrogens with one attached hydrogen (secondary N) is 1. The molecule has 142 valence electrons. The molecule has 0 aliphatic carbocycles. The molecule has 2 aliphatic rings. The van der Waals surface area contributed by atoms with Gasteiger partial charge in [0.05, 0.1) is 12.0 Å². The molecule has 2 amide bonds. The first-order valence-electron chi connectivity index (χ1n) is 9.37. The van der Waals surface area contributed by atoms with Crippen LogP contribution in [0.25, 0.3) is 0 Å². The minimum absolute atomic E-state index is 0.0834. The van der Waals surface area contributed by atoms with Gasteiger partial charge in [0, 0.05) is 19.9 Å². The van der Waals surface area contributed by atoms with Crippen LogP contribution < -0.4 is 5.32 Å². The van der Waals surface area contributed by atoms with Crippen LogP contribution in [0.1, 0.15) is 65.2 Å². The molecule has 0 aromatic heterocycles. The highest BCUT2D eigenvalue weighted by molar-refractivity contribution is 5.82. The van der Waals surface area contributed by atoms with Crippen molar-refractivity contribution in [1.82, 2.24) is 15.3 Å². The van der Waals surface area contributed by atoms with Crippen molar-refractivity contribution in [1.29, 1.82) is 0 Å². The summed E-state index contributed by atoms with van der Waals surface area (Å²) in [6, 6.07) is 0. The maximum absolute atomic E-state index is 12.4. The number of hydrogen-bond donors (Lipinski definition) is 2. The molecule has 2 saturated heterocycles. The van der Waals surface area contributed by atoms with Crippen molar-refractivity contribution in [2.24, 2.45) is 5.92 Å². The van der Waals surface area contributed by atoms with Crippen LogP contribution in [0.4, 0.5) is 0 Å². The number of rotatable bonds is 7. The molecule has 0 aromatic rings. The van der Waals surface area contributed by atoms with Gasteiger partial charge in [-0.05, 0) is 64.5 Å². The van der Waals surface area contributed by atoms with Crippen molar-refractivity contribution in [3.8, 4) is 0 Å².